The van der Waals surface area contributed by atoms with Gasteiger partial charge in [0.05, 0.1) is 6.04 Å². The summed E-state index contributed by atoms with van der Waals surface area (Å²) < 4.78 is 5.38. The van der Waals surface area contributed by atoms with Crippen LogP contribution in [0.3, 0.4) is 0 Å². The van der Waals surface area contributed by atoms with Crippen molar-refractivity contribution in [3.63, 3.8) is 0 Å². The largest absolute Gasteiger partial charge is 0.360 e. The summed E-state index contributed by atoms with van der Waals surface area (Å²) >= 11 is 0. The van der Waals surface area contributed by atoms with Crippen LogP contribution in [0.4, 0.5) is 5.69 Å². The standard InChI is InChI=1S/C26H28N4O3/c31-25(28-21-7-2-1-3-8-21)20-6-4-5-19(15-20)24(18-11-13-27-14-12-18)29-26(32)22-16-23(33-30-22)17-9-10-17/h1-8,15-18,24,27H,9-14H2,(H,28,31)(H,29,32). The summed E-state index contributed by atoms with van der Waals surface area (Å²) in [5, 5.41) is 13.5. The van der Waals surface area contributed by atoms with Gasteiger partial charge in [-0.3, -0.25) is 9.59 Å². The molecule has 1 saturated carbocycles. The Bertz CT molecular complexity index is 1120. The van der Waals surface area contributed by atoms with Crippen molar-refractivity contribution in [3.8, 4) is 0 Å². The Labute approximate surface area is 192 Å². The quantitative estimate of drug-likeness (QED) is 0.506. The van der Waals surface area contributed by atoms with Crippen LogP contribution in [0.15, 0.2) is 65.2 Å². The monoisotopic (exact) mass is 444 g/mol. The average molecular weight is 445 g/mol. The van der Waals surface area contributed by atoms with Crippen molar-refractivity contribution >= 4 is 17.5 Å². The molecule has 2 amide bonds. The summed E-state index contributed by atoms with van der Waals surface area (Å²) in [4.78, 5) is 25.9. The number of piperidine rings is 1. The van der Waals surface area contributed by atoms with Crippen LogP contribution in [0.2, 0.25) is 0 Å². The number of para-hydroxylation sites is 1. The van der Waals surface area contributed by atoms with Gasteiger partial charge in [0.15, 0.2) is 5.69 Å². The van der Waals surface area contributed by atoms with Crippen LogP contribution in [-0.4, -0.2) is 30.1 Å². The van der Waals surface area contributed by atoms with Gasteiger partial charge in [-0.25, -0.2) is 0 Å². The van der Waals surface area contributed by atoms with Gasteiger partial charge in [-0.1, -0.05) is 35.5 Å². The molecule has 0 radical (unpaired) electrons. The van der Waals surface area contributed by atoms with Crippen LogP contribution in [0, 0.1) is 5.92 Å². The van der Waals surface area contributed by atoms with Crippen LogP contribution in [-0.2, 0) is 0 Å². The summed E-state index contributed by atoms with van der Waals surface area (Å²) in [7, 11) is 0. The number of hydrogen-bond acceptors (Lipinski definition) is 5. The van der Waals surface area contributed by atoms with Gasteiger partial charge >= 0.3 is 0 Å². The van der Waals surface area contributed by atoms with Crippen molar-refractivity contribution in [2.75, 3.05) is 18.4 Å². The zero-order valence-corrected chi connectivity index (χ0v) is 18.4. The van der Waals surface area contributed by atoms with E-state index >= 15 is 0 Å². The molecular formula is C26H28N4O3. The summed E-state index contributed by atoms with van der Waals surface area (Å²) in [6.07, 6.45) is 4.06. The number of benzene rings is 2. The maximum absolute atomic E-state index is 13.1. The molecule has 2 aromatic carbocycles. The van der Waals surface area contributed by atoms with E-state index in [4.69, 9.17) is 4.52 Å². The maximum atomic E-state index is 13.1. The minimum atomic E-state index is -0.242. The summed E-state index contributed by atoms with van der Waals surface area (Å²) in [5.74, 6) is 1.03. The first-order valence-corrected chi connectivity index (χ1v) is 11.6. The number of aromatic nitrogens is 1. The molecule has 7 nitrogen and oxygen atoms in total. The molecule has 2 heterocycles. The Morgan fingerprint density at radius 3 is 2.48 bits per heavy atom. The third-order valence-corrected chi connectivity index (χ3v) is 6.42. The molecule has 1 aromatic heterocycles. The van der Waals surface area contributed by atoms with Crippen LogP contribution in [0.1, 0.15) is 69.8 Å². The molecule has 7 heteroatoms. The minimum Gasteiger partial charge on any atom is -0.360 e. The molecule has 1 saturated heterocycles. The van der Waals surface area contributed by atoms with Gasteiger partial charge in [0, 0.05) is 23.2 Å². The summed E-state index contributed by atoms with van der Waals surface area (Å²) in [6.45, 7) is 1.81. The van der Waals surface area contributed by atoms with E-state index < -0.39 is 0 Å². The molecule has 3 N–H and O–H groups in total. The second-order valence-corrected chi connectivity index (χ2v) is 8.87. The normalized spacial score (nSPS) is 17.3. The van der Waals surface area contributed by atoms with Crippen molar-refractivity contribution in [2.24, 2.45) is 5.92 Å². The van der Waals surface area contributed by atoms with Gasteiger partial charge in [0.1, 0.15) is 5.76 Å². The van der Waals surface area contributed by atoms with Gasteiger partial charge in [-0.15, -0.1) is 0 Å². The van der Waals surface area contributed by atoms with E-state index in [1.54, 1.807) is 12.1 Å². The topological polar surface area (TPSA) is 96.3 Å². The van der Waals surface area contributed by atoms with Crippen molar-refractivity contribution < 1.29 is 14.1 Å². The Balaban J connectivity index is 1.37. The Morgan fingerprint density at radius 2 is 1.73 bits per heavy atom. The number of carbonyl (C=O) groups excluding carboxylic acids is 2. The highest BCUT2D eigenvalue weighted by molar-refractivity contribution is 6.04. The van der Waals surface area contributed by atoms with Gasteiger partial charge in [-0.05, 0) is 74.5 Å². The average Bonchev–Trinajstić information content (AvgIpc) is 3.59. The molecule has 3 aromatic rings. The van der Waals surface area contributed by atoms with Crippen molar-refractivity contribution in [1.82, 2.24) is 15.8 Å². The van der Waals surface area contributed by atoms with E-state index in [0.29, 0.717) is 17.2 Å². The summed E-state index contributed by atoms with van der Waals surface area (Å²) in [5.41, 5.74) is 2.53. The first kappa shape index (κ1) is 21.4. The van der Waals surface area contributed by atoms with Gasteiger partial charge in [-0.2, -0.15) is 0 Å². The van der Waals surface area contributed by atoms with E-state index in [0.717, 1.165) is 55.8 Å². The number of carbonyl (C=O) groups is 2. The van der Waals surface area contributed by atoms with Crippen molar-refractivity contribution in [3.05, 3.63) is 83.2 Å². The van der Waals surface area contributed by atoms with Gasteiger partial charge in [0.25, 0.3) is 11.8 Å². The second kappa shape index (κ2) is 9.58. The Kier molecular flexibility index (Phi) is 6.21. The highest BCUT2D eigenvalue weighted by Crippen LogP contribution is 2.40. The third kappa shape index (κ3) is 5.14. The number of hydrogen-bond donors (Lipinski definition) is 3. The number of nitrogens with zero attached hydrogens (tertiary/aromatic N) is 1. The molecule has 1 atom stereocenters. The van der Waals surface area contributed by atoms with Crippen molar-refractivity contribution in [2.45, 2.75) is 37.6 Å². The summed E-state index contributed by atoms with van der Waals surface area (Å²) in [6, 6.07) is 18.4. The number of anilines is 1. The van der Waals surface area contributed by atoms with Crippen LogP contribution in [0.5, 0.6) is 0 Å². The van der Waals surface area contributed by atoms with E-state index in [9.17, 15) is 9.59 Å². The van der Waals surface area contributed by atoms with Crippen molar-refractivity contribution in [1.29, 1.82) is 0 Å². The highest BCUT2D eigenvalue weighted by atomic mass is 16.5. The zero-order chi connectivity index (χ0) is 22.6. The fourth-order valence-corrected chi connectivity index (χ4v) is 4.42. The number of amides is 2. The van der Waals surface area contributed by atoms with E-state index in [2.05, 4.69) is 21.1 Å². The Hall–Kier alpha value is -3.45. The fraction of sp³-hybridized carbons (Fsp3) is 0.346. The van der Waals surface area contributed by atoms with Crippen LogP contribution >= 0.6 is 0 Å². The predicted octanol–water partition coefficient (Wildman–Crippen LogP) is 4.28. The van der Waals surface area contributed by atoms with Gasteiger partial charge < -0.3 is 20.5 Å². The third-order valence-electron chi connectivity index (χ3n) is 6.42. The molecule has 2 aliphatic rings. The molecule has 5 rings (SSSR count). The zero-order valence-electron chi connectivity index (χ0n) is 18.4. The number of nitrogens with one attached hydrogen (secondary N) is 3. The van der Waals surface area contributed by atoms with Crippen LogP contribution < -0.4 is 16.0 Å². The first-order chi connectivity index (χ1) is 16.2. The van der Waals surface area contributed by atoms with Crippen LogP contribution in [0.25, 0.3) is 0 Å². The lowest BCUT2D eigenvalue weighted by molar-refractivity contribution is 0.0904. The molecule has 33 heavy (non-hydrogen) atoms. The predicted molar refractivity (Wildman–Crippen MR) is 125 cm³/mol. The maximum Gasteiger partial charge on any atom is 0.273 e. The number of rotatable bonds is 7. The van der Waals surface area contributed by atoms with E-state index in [1.165, 1.54) is 0 Å². The molecular weight excluding hydrogens is 416 g/mol. The van der Waals surface area contributed by atoms with E-state index in [-0.39, 0.29) is 23.8 Å². The van der Waals surface area contributed by atoms with Gasteiger partial charge in [0.2, 0.25) is 0 Å². The molecule has 170 valence electrons. The fourth-order valence-electron chi connectivity index (χ4n) is 4.42. The van der Waals surface area contributed by atoms with E-state index in [1.807, 2.05) is 48.5 Å². The SMILES string of the molecule is O=C(Nc1ccccc1)c1cccc(C(NC(=O)c2cc(C3CC3)on2)C2CCNCC2)c1. The molecule has 1 unspecified atom stereocenters. The molecule has 2 fully saturated rings. The lowest BCUT2D eigenvalue weighted by atomic mass is 9.85. The lowest BCUT2D eigenvalue weighted by Gasteiger charge is -2.31. The second-order valence-electron chi connectivity index (χ2n) is 8.87. The Morgan fingerprint density at radius 1 is 0.939 bits per heavy atom. The molecule has 1 aliphatic heterocycles. The molecule has 0 spiro atoms. The lowest BCUT2D eigenvalue weighted by Crippen LogP contribution is -2.39. The first-order valence-electron chi connectivity index (χ1n) is 11.6. The highest BCUT2D eigenvalue weighted by Gasteiger charge is 2.31. The molecule has 0 bridgehead atoms. The smallest absolute Gasteiger partial charge is 0.273 e. The molecule has 1 aliphatic carbocycles. The minimum absolute atomic E-state index is 0.177.